The van der Waals surface area contributed by atoms with Gasteiger partial charge in [-0.2, -0.15) is 5.10 Å². The molecule has 0 unspecified atom stereocenters. The zero-order valence-corrected chi connectivity index (χ0v) is 16.1. The van der Waals surface area contributed by atoms with E-state index in [9.17, 15) is 9.59 Å². The molecule has 0 aliphatic heterocycles. The Bertz CT molecular complexity index is 1230. The zero-order valence-electron chi connectivity index (χ0n) is 15.4. The number of carbonyl (C=O) groups is 1. The Hall–Kier alpha value is -3.12. The van der Waals surface area contributed by atoms with E-state index < -0.39 is 0 Å². The molecule has 28 heavy (non-hydrogen) atoms. The third-order valence-corrected chi connectivity index (χ3v) is 5.07. The lowest BCUT2D eigenvalue weighted by atomic mass is 10.1. The molecule has 0 spiro atoms. The fourth-order valence-corrected chi connectivity index (χ4v) is 3.53. The van der Waals surface area contributed by atoms with Crippen molar-refractivity contribution in [1.29, 1.82) is 0 Å². The van der Waals surface area contributed by atoms with Crippen LogP contribution in [0.15, 0.2) is 59.5 Å². The average molecular weight is 395 g/mol. The molecule has 2 aromatic carbocycles. The summed E-state index contributed by atoms with van der Waals surface area (Å²) in [6.07, 6.45) is 2.38. The van der Waals surface area contributed by atoms with Crippen LogP contribution in [0.4, 0.5) is 0 Å². The molecule has 7 heteroatoms. The van der Waals surface area contributed by atoms with Crippen LogP contribution in [-0.2, 0) is 24.8 Å². The number of nitrogens with one attached hydrogen (secondary N) is 1. The van der Waals surface area contributed by atoms with Gasteiger partial charge < -0.3 is 9.88 Å². The fourth-order valence-electron chi connectivity index (χ4n) is 3.40. The van der Waals surface area contributed by atoms with Gasteiger partial charge in [0.2, 0.25) is 5.91 Å². The molecule has 4 rings (SSSR count). The number of amides is 1. The number of para-hydroxylation sites is 1. The van der Waals surface area contributed by atoms with Crippen LogP contribution in [0.1, 0.15) is 5.56 Å². The van der Waals surface area contributed by atoms with Gasteiger partial charge in [-0.15, -0.1) is 0 Å². The van der Waals surface area contributed by atoms with E-state index in [4.69, 9.17) is 11.6 Å². The molecule has 1 amide bonds. The molecule has 6 nitrogen and oxygen atoms in total. The smallest absolute Gasteiger partial charge is 0.291 e. The van der Waals surface area contributed by atoms with E-state index in [2.05, 4.69) is 10.4 Å². The summed E-state index contributed by atoms with van der Waals surface area (Å²) in [5.41, 5.74) is 2.21. The predicted molar refractivity (Wildman–Crippen MR) is 111 cm³/mol. The van der Waals surface area contributed by atoms with Crippen LogP contribution in [0.25, 0.3) is 21.8 Å². The second-order valence-corrected chi connectivity index (χ2v) is 7.10. The number of aromatic nitrogens is 3. The molecule has 0 atom stereocenters. The topological polar surface area (TPSA) is 68.9 Å². The van der Waals surface area contributed by atoms with E-state index in [-0.39, 0.29) is 18.0 Å². The molecule has 0 aliphatic carbocycles. The molecule has 0 saturated heterocycles. The molecule has 1 N–H and O–H groups in total. The van der Waals surface area contributed by atoms with E-state index in [1.54, 1.807) is 17.8 Å². The van der Waals surface area contributed by atoms with Crippen molar-refractivity contribution in [3.8, 4) is 0 Å². The molecule has 0 saturated carbocycles. The Morgan fingerprint density at radius 3 is 2.64 bits per heavy atom. The van der Waals surface area contributed by atoms with Gasteiger partial charge in [0.1, 0.15) is 12.1 Å². The van der Waals surface area contributed by atoms with E-state index in [1.807, 2.05) is 48.5 Å². The van der Waals surface area contributed by atoms with Crippen molar-refractivity contribution >= 4 is 39.3 Å². The summed E-state index contributed by atoms with van der Waals surface area (Å²) < 4.78 is 3.06. The van der Waals surface area contributed by atoms with Crippen molar-refractivity contribution in [2.24, 2.45) is 7.05 Å². The first-order chi connectivity index (χ1) is 13.5. The van der Waals surface area contributed by atoms with Gasteiger partial charge in [-0.1, -0.05) is 41.9 Å². The number of hydrogen-bond donors (Lipinski definition) is 1. The quantitative estimate of drug-likeness (QED) is 0.566. The molecule has 0 bridgehead atoms. The highest BCUT2D eigenvalue weighted by Gasteiger charge is 2.16. The van der Waals surface area contributed by atoms with Gasteiger partial charge in [-0.3, -0.25) is 9.59 Å². The highest BCUT2D eigenvalue weighted by molar-refractivity contribution is 6.30. The molecule has 0 radical (unpaired) electrons. The van der Waals surface area contributed by atoms with Crippen molar-refractivity contribution in [2.75, 3.05) is 6.54 Å². The van der Waals surface area contributed by atoms with E-state index in [0.29, 0.717) is 23.5 Å². The van der Waals surface area contributed by atoms with Gasteiger partial charge in [0.05, 0.1) is 6.20 Å². The van der Waals surface area contributed by atoms with Gasteiger partial charge in [-0.05, 0) is 30.2 Å². The third kappa shape index (κ3) is 3.39. The Balaban J connectivity index is 1.58. The number of benzene rings is 2. The number of aryl methyl sites for hydroxylation is 1. The van der Waals surface area contributed by atoms with Crippen molar-refractivity contribution in [2.45, 2.75) is 13.0 Å². The minimum Gasteiger partial charge on any atom is -0.354 e. The number of rotatable bonds is 5. The first kappa shape index (κ1) is 18.3. The maximum Gasteiger partial charge on any atom is 0.291 e. The van der Waals surface area contributed by atoms with Crippen LogP contribution < -0.4 is 10.9 Å². The Labute approximate surface area is 166 Å². The molecular formula is C21H19ClN4O2. The SMILES string of the molecule is Cn1ncc2c3ccccc3n(CC(=O)NCCc3ccc(Cl)cc3)c2c1=O. The monoisotopic (exact) mass is 394 g/mol. The number of halogens is 1. The first-order valence-corrected chi connectivity index (χ1v) is 9.37. The Morgan fingerprint density at radius 2 is 1.86 bits per heavy atom. The normalized spacial score (nSPS) is 11.2. The van der Waals surface area contributed by atoms with E-state index in [0.717, 1.165) is 21.9 Å². The standard InChI is InChI=1S/C21H19ClN4O2/c1-25-21(28)20-17(12-24-25)16-4-2-3-5-18(16)26(20)13-19(27)23-11-10-14-6-8-15(22)9-7-14/h2-9,12H,10-11,13H2,1H3,(H,23,27). The van der Waals surface area contributed by atoms with E-state index in [1.165, 1.54) is 4.68 Å². The van der Waals surface area contributed by atoms with Crippen LogP contribution in [0.3, 0.4) is 0 Å². The largest absolute Gasteiger partial charge is 0.354 e. The molecular weight excluding hydrogens is 376 g/mol. The highest BCUT2D eigenvalue weighted by Crippen LogP contribution is 2.25. The third-order valence-electron chi connectivity index (χ3n) is 4.82. The summed E-state index contributed by atoms with van der Waals surface area (Å²) in [5.74, 6) is -0.143. The minimum atomic E-state index is -0.220. The fraction of sp³-hybridized carbons (Fsp3) is 0.190. The lowest BCUT2D eigenvalue weighted by molar-refractivity contribution is -0.121. The summed E-state index contributed by atoms with van der Waals surface area (Å²) in [5, 5.41) is 9.41. The Kier molecular flexibility index (Phi) is 4.88. The summed E-state index contributed by atoms with van der Waals surface area (Å²) in [6, 6.07) is 15.2. The molecule has 0 fully saturated rings. The maximum absolute atomic E-state index is 12.7. The van der Waals surface area contributed by atoms with Gasteiger partial charge >= 0.3 is 0 Å². The minimum absolute atomic E-state index is 0.0733. The summed E-state index contributed by atoms with van der Waals surface area (Å²) >= 11 is 5.89. The molecule has 4 aromatic rings. The second-order valence-electron chi connectivity index (χ2n) is 6.67. The number of fused-ring (bicyclic) bond motifs is 3. The van der Waals surface area contributed by atoms with Gasteiger partial charge in [0.15, 0.2) is 0 Å². The van der Waals surface area contributed by atoms with Crippen molar-refractivity contribution in [3.05, 3.63) is 75.7 Å². The highest BCUT2D eigenvalue weighted by atomic mass is 35.5. The first-order valence-electron chi connectivity index (χ1n) is 8.99. The molecule has 2 aromatic heterocycles. The molecule has 0 aliphatic rings. The van der Waals surface area contributed by atoms with Gasteiger partial charge in [-0.25, -0.2) is 4.68 Å². The summed E-state index contributed by atoms with van der Waals surface area (Å²) in [7, 11) is 1.61. The predicted octanol–water partition coefficient (Wildman–Crippen LogP) is 2.90. The summed E-state index contributed by atoms with van der Waals surface area (Å²) in [4.78, 5) is 25.2. The van der Waals surface area contributed by atoms with Crippen LogP contribution in [0, 0.1) is 0 Å². The summed E-state index contributed by atoms with van der Waals surface area (Å²) in [6.45, 7) is 0.584. The van der Waals surface area contributed by atoms with Crippen molar-refractivity contribution in [1.82, 2.24) is 19.7 Å². The number of hydrogen-bond acceptors (Lipinski definition) is 3. The number of carbonyl (C=O) groups excluding carboxylic acids is 1. The van der Waals surface area contributed by atoms with Crippen LogP contribution >= 0.6 is 11.6 Å². The van der Waals surface area contributed by atoms with Crippen LogP contribution in [0.2, 0.25) is 5.02 Å². The zero-order chi connectivity index (χ0) is 19.7. The lowest BCUT2D eigenvalue weighted by Crippen LogP contribution is -2.30. The molecule has 2 heterocycles. The van der Waals surface area contributed by atoms with Gasteiger partial charge in [0, 0.05) is 34.9 Å². The average Bonchev–Trinajstić information content (AvgIpc) is 3.01. The molecule has 142 valence electrons. The lowest BCUT2D eigenvalue weighted by Gasteiger charge is -2.09. The van der Waals surface area contributed by atoms with Gasteiger partial charge in [0.25, 0.3) is 5.56 Å². The van der Waals surface area contributed by atoms with Crippen LogP contribution in [-0.4, -0.2) is 26.8 Å². The Morgan fingerprint density at radius 1 is 1.11 bits per heavy atom. The van der Waals surface area contributed by atoms with Crippen LogP contribution in [0.5, 0.6) is 0 Å². The van der Waals surface area contributed by atoms with Crippen molar-refractivity contribution < 1.29 is 4.79 Å². The maximum atomic E-state index is 12.7. The second kappa shape index (κ2) is 7.48. The number of nitrogens with zero attached hydrogens (tertiary/aromatic N) is 3. The van der Waals surface area contributed by atoms with Crippen molar-refractivity contribution in [3.63, 3.8) is 0 Å². The van der Waals surface area contributed by atoms with E-state index >= 15 is 0 Å².